The van der Waals surface area contributed by atoms with Crippen LogP contribution in [0.5, 0.6) is 0 Å². The molecule has 5 fully saturated rings. The third kappa shape index (κ3) is 4.08. The number of carbonyl (C=O) groups excluding carboxylic acids is 1. The number of hydrogen-bond acceptors (Lipinski definition) is 10. The van der Waals surface area contributed by atoms with Crippen LogP contribution in [0.1, 0.15) is 71.6 Å². The largest absolute Gasteiger partial charge is 0.458 e. The number of esters is 1. The number of nitrogens with zero attached hydrogens (tertiary/aromatic N) is 1. The molecule has 0 aromatic carbocycles. The fourth-order valence-electron chi connectivity index (χ4n) is 10.4. The maximum absolute atomic E-state index is 12.4. The SMILES string of the molecule is CON(C1O[C@H](CO)[C@@H](O)[C@H](O)[C@@H]1O)[C@H]1CC[C@@]2(C)C(CCC3C2CC[C@]2(C)[C@@H](C4=CC(=O)OC4)CC[C@]32O)C1. The summed E-state index contributed by atoms with van der Waals surface area (Å²) in [5.41, 5.74) is 0.0988. The van der Waals surface area contributed by atoms with Crippen molar-refractivity contribution in [3.63, 3.8) is 0 Å². The second-order valence-corrected chi connectivity index (χ2v) is 14.0. The molecule has 10 nitrogen and oxygen atoms in total. The minimum absolute atomic E-state index is 0.0549. The molecular formula is C30H47NO9. The minimum atomic E-state index is -1.45. The average molecular weight is 566 g/mol. The molecule has 0 aromatic rings. The van der Waals surface area contributed by atoms with E-state index in [0.29, 0.717) is 18.4 Å². The van der Waals surface area contributed by atoms with Gasteiger partial charge >= 0.3 is 5.97 Å². The Morgan fingerprint density at radius 1 is 1.00 bits per heavy atom. The first-order valence-corrected chi connectivity index (χ1v) is 15.2. The Balaban J connectivity index is 1.19. The Morgan fingerprint density at radius 3 is 2.45 bits per heavy atom. The van der Waals surface area contributed by atoms with Gasteiger partial charge in [-0.15, -0.1) is 0 Å². The first-order valence-electron chi connectivity index (χ1n) is 15.2. The second kappa shape index (κ2) is 10.3. The highest BCUT2D eigenvalue weighted by Gasteiger charge is 2.68. The topological polar surface area (TPSA) is 149 Å². The number of cyclic esters (lactones) is 1. The molecule has 6 aliphatic rings. The molecule has 0 radical (unpaired) electrons. The number of hydrogen-bond donors (Lipinski definition) is 5. The molecule has 4 unspecified atom stereocenters. The molecule has 0 spiro atoms. The highest BCUT2D eigenvalue weighted by atomic mass is 16.7. The molecule has 4 saturated carbocycles. The number of aliphatic hydroxyl groups is 5. The molecule has 40 heavy (non-hydrogen) atoms. The summed E-state index contributed by atoms with van der Waals surface area (Å²) < 4.78 is 11.1. The van der Waals surface area contributed by atoms with Crippen molar-refractivity contribution in [2.24, 2.45) is 34.5 Å². The van der Waals surface area contributed by atoms with Crippen LogP contribution in [0.4, 0.5) is 0 Å². The van der Waals surface area contributed by atoms with Gasteiger partial charge in [0, 0.05) is 17.5 Å². The zero-order chi connectivity index (χ0) is 28.6. The Bertz CT molecular complexity index is 1020. The first-order chi connectivity index (χ1) is 19.0. The van der Waals surface area contributed by atoms with Crippen molar-refractivity contribution in [2.75, 3.05) is 20.3 Å². The Labute approximate surface area is 236 Å². The van der Waals surface area contributed by atoms with E-state index in [9.17, 15) is 30.3 Å². The maximum atomic E-state index is 12.4. The lowest BCUT2D eigenvalue weighted by molar-refractivity contribution is -0.344. The van der Waals surface area contributed by atoms with Crippen LogP contribution in [0, 0.1) is 34.5 Å². The fraction of sp³-hybridized carbons (Fsp3) is 0.900. The van der Waals surface area contributed by atoms with Crippen molar-refractivity contribution >= 4 is 5.97 Å². The van der Waals surface area contributed by atoms with Gasteiger partial charge in [-0.1, -0.05) is 13.8 Å². The van der Waals surface area contributed by atoms with E-state index in [-0.39, 0.29) is 34.7 Å². The summed E-state index contributed by atoms with van der Waals surface area (Å²) in [4.78, 5) is 17.6. The van der Waals surface area contributed by atoms with E-state index in [1.54, 1.807) is 11.1 Å². The molecule has 10 heteroatoms. The van der Waals surface area contributed by atoms with Gasteiger partial charge in [0.25, 0.3) is 0 Å². The zero-order valence-electron chi connectivity index (χ0n) is 23.9. The number of hydroxylamine groups is 2. The molecule has 2 aliphatic heterocycles. The van der Waals surface area contributed by atoms with Crippen molar-refractivity contribution in [2.45, 2.75) is 114 Å². The second-order valence-electron chi connectivity index (χ2n) is 14.0. The standard InChI is InChI=1S/C30H47NO9/c1-28-9-6-18(31(38-3)27-26(36)25(35)24(34)22(14-32)40-27)13-17(28)4-5-21-20(28)7-10-29(2)19(8-11-30(21,29)37)16-12-23(33)39-15-16/h12,17-22,24-27,32,34-37H,4-11,13-15H2,1-3H3/t17?,18-,19+,20?,21?,22+,24+,25-,26-,27?,28-,29+,30-/m0/s1. The average Bonchev–Trinajstić information content (AvgIpc) is 3.48. The molecule has 4 aliphatic carbocycles. The van der Waals surface area contributed by atoms with Gasteiger partial charge in [0.05, 0.1) is 19.3 Å². The molecule has 13 atom stereocenters. The van der Waals surface area contributed by atoms with E-state index < -0.39 is 42.9 Å². The lowest BCUT2D eigenvalue weighted by Crippen LogP contribution is -2.66. The van der Waals surface area contributed by atoms with Crippen LogP contribution in [0.2, 0.25) is 0 Å². The highest BCUT2D eigenvalue weighted by molar-refractivity contribution is 5.85. The summed E-state index contributed by atoms with van der Waals surface area (Å²) in [5.74, 6) is 0.949. The Hall–Kier alpha value is -1.11. The van der Waals surface area contributed by atoms with Crippen LogP contribution in [0.25, 0.3) is 0 Å². The van der Waals surface area contributed by atoms with Crippen molar-refractivity contribution in [1.29, 1.82) is 0 Å². The van der Waals surface area contributed by atoms with Gasteiger partial charge in [-0.3, -0.25) is 4.84 Å². The van der Waals surface area contributed by atoms with Gasteiger partial charge in [-0.25, -0.2) is 4.79 Å². The molecule has 1 saturated heterocycles. The van der Waals surface area contributed by atoms with E-state index in [1.165, 1.54) is 7.11 Å². The van der Waals surface area contributed by atoms with Crippen LogP contribution in [-0.4, -0.2) is 99.2 Å². The van der Waals surface area contributed by atoms with Crippen molar-refractivity contribution in [3.8, 4) is 0 Å². The van der Waals surface area contributed by atoms with Crippen LogP contribution in [0.15, 0.2) is 11.6 Å². The van der Waals surface area contributed by atoms with Gasteiger partial charge in [-0.05, 0) is 92.4 Å². The molecular weight excluding hydrogens is 518 g/mol. The number of rotatable bonds is 5. The van der Waals surface area contributed by atoms with E-state index in [0.717, 1.165) is 63.4 Å². The van der Waals surface area contributed by atoms with Gasteiger partial charge < -0.3 is 35.0 Å². The molecule has 0 aromatic heterocycles. The Morgan fingerprint density at radius 2 is 1.77 bits per heavy atom. The Kier molecular flexibility index (Phi) is 7.43. The lowest BCUT2D eigenvalue weighted by Gasteiger charge is -2.64. The van der Waals surface area contributed by atoms with Crippen molar-refractivity contribution in [3.05, 3.63) is 11.6 Å². The predicted octanol–water partition coefficient (Wildman–Crippen LogP) is 1.28. The minimum Gasteiger partial charge on any atom is -0.458 e. The summed E-state index contributed by atoms with van der Waals surface area (Å²) in [7, 11) is 1.53. The van der Waals surface area contributed by atoms with Crippen molar-refractivity contribution in [1.82, 2.24) is 5.06 Å². The number of fused-ring (bicyclic) bond motifs is 5. The van der Waals surface area contributed by atoms with Gasteiger partial charge in [0.15, 0.2) is 6.23 Å². The third-order valence-corrected chi connectivity index (χ3v) is 12.6. The molecule has 6 rings (SSSR count). The van der Waals surface area contributed by atoms with Crippen LogP contribution < -0.4 is 0 Å². The smallest absolute Gasteiger partial charge is 0.331 e. The number of carbonyl (C=O) groups is 1. The number of aliphatic hydroxyl groups excluding tert-OH is 4. The normalized spacial score (nSPS) is 52.5. The van der Waals surface area contributed by atoms with Crippen LogP contribution >= 0.6 is 0 Å². The molecule has 5 N–H and O–H groups in total. The molecule has 2 heterocycles. The highest BCUT2D eigenvalue weighted by Crippen LogP contribution is 2.70. The van der Waals surface area contributed by atoms with Crippen molar-refractivity contribution < 1.29 is 44.6 Å². The van der Waals surface area contributed by atoms with E-state index >= 15 is 0 Å². The van der Waals surface area contributed by atoms with E-state index in [2.05, 4.69) is 13.8 Å². The van der Waals surface area contributed by atoms with E-state index in [1.807, 2.05) is 0 Å². The van der Waals surface area contributed by atoms with Gasteiger partial charge in [-0.2, -0.15) is 5.06 Å². The zero-order valence-corrected chi connectivity index (χ0v) is 23.9. The quantitative estimate of drug-likeness (QED) is 0.244. The third-order valence-electron chi connectivity index (χ3n) is 12.6. The summed E-state index contributed by atoms with van der Waals surface area (Å²) in [6, 6.07) is -0.0549. The van der Waals surface area contributed by atoms with Crippen LogP contribution in [0.3, 0.4) is 0 Å². The van der Waals surface area contributed by atoms with Gasteiger partial charge in [0.1, 0.15) is 31.0 Å². The fourth-order valence-corrected chi connectivity index (χ4v) is 10.4. The monoisotopic (exact) mass is 565 g/mol. The summed E-state index contributed by atoms with van der Waals surface area (Å²) in [6.07, 6.45) is 3.63. The summed E-state index contributed by atoms with van der Waals surface area (Å²) in [5, 5.41) is 55.1. The number of ether oxygens (including phenoxy) is 2. The summed E-state index contributed by atoms with van der Waals surface area (Å²) in [6.45, 7) is 4.53. The first kappa shape index (κ1) is 29.0. The van der Waals surface area contributed by atoms with Crippen LogP contribution in [-0.2, 0) is 19.1 Å². The molecule has 0 bridgehead atoms. The predicted molar refractivity (Wildman–Crippen MR) is 142 cm³/mol. The lowest BCUT2D eigenvalue weighted by atomic mass is 9.43. The van der Waals surface area contributed by atoms with E-state index in [4.69, 9.17) is 14.3 Å². The maximum Gasteiger partial charge on any atom is 0.331 e. The molecule has 0 amide bonds. The molecule has 226 valence electrons. The van der Waals surface area contributed by atoms with Gasteiger partial charge in [0.2, 0.25) is 0 Å². The summed E-state index contributed by atoms with van der Waals surface area (Å²) >= 11 is 0.